The summed E-state index contributed by atoms with van der Waals surface area (Å²) in [6, 6.07) is 3.49. The Morgan fingerprint density at radius 3 is 3.00 bits per heavy atom. The van der Waals surface area contributed by atoms with Crippen LogP contribution in [0.2, 0.25) is 5.02 Å². The second kappa shape index (κ2) is 5.44. The van der Waals surface area contributed by atoms with Crippen molar-refractivity contribution in [2.45, 2.75) is 13.3 Å². The molecule has 1 heterocycles. The van der Waals surface area contributed by atoms with Gasteiger partial charge in [0.15, 0.2) is 5.96 Å². The molecule has 0 aliphatic rings. The van der Waals surface area contributed by atoms with Crippen molar-refractivity contribution >= 4 is 23.4 Å². The minimum Gasteiger partial charge on any atom is -0.370 e. The summed E-state index contributed by atoms with van der Waals surface area (Å²) < 4.78 is 0. The van der Waals surface area contributed by atoms with Crippen molar-refractivity contribution in [3.05, 3.63) is 23.4 Å². The van der Waals surface area contributed by atoms with Crippen molar-refractivity contribution in [1.82, 2.24) is 4.98 Å². The average Bonchev–Trinajstić information content (AvgIpc) is 2.18. The van der Waals surface area contributed by atoms with Gasteiger partial charge in [-0.1, -0.05) is 18.5 Å². The second-order valence-corrected chi connectivity index (χ2v) is 3.19. The van der Waals surface area contributed by atoms with Crippen LogP contribution in [-0.2, 0) is 0 Å². The third kappa shape index (κ3) is 3.62. The number of nitrogens with two attached hydrogens (primary N) is 1. The summed E-state index contributed by atoms with van der Waals surface area (Å²) in [6.07, 6.45) is 2.52. The largest absolute Gasteiger partial charge is 0.370 e. The Morgan fingerprint density at radius 1 is 1.64 bits per heavy atom. The number of hydrogen-bond acceptors (Lipinski definition) is 2. The van der Waals surface area contributed by atoms with Crippen molar-refractivity contribution in [2.75, 3.05) is 11.9 Å². The minimum atomic E-state index is 0.377. The van der Waals surface area contributed by atoms with E-state index in [0.717, 1.165) is 6.42 Å². The van der Waals surface area contributed by atoms with Crippen LogP contribution in [0.25, 0.3) is 0 Å². The summed E-state index contributed by atoms with van der Waals surface area (Å²) in [5.41, 5.74) is 5.60. The molecule has 1 aromatic heterocycles. The molecule has 0 aliphatic heterocycles. The van der Waals surface area contributed by atoms with E-state index in [2.05, 4.69) is 15.3 Å². The highest BCUT2D eigenvalue weighted by Crippen LogP contribution is 2.08. The number of nitrogens with one attached hydrogen (secondary N) is 1. The van der Waals surface area contributed by atoms with Crippen LogP contribution >= 0.6 is 11.6 Å². The Balaban J connectivity index is 2.56. The van der Waals surface area contributed by atoms with Gasteiger partial charge in [0.05, 0.1) is 5.02 Å². The van der Waals surface area contributed by atoms with Crippen LogP contribution in [-0.4, -0.2) is 17.5 Å². The highest BCUT2D eigenvalue weighted by Gasteiger charge is 1.95. The number of pyridine rings is 1. The van der Waals surface area contributed by atoms with Gasteiger partial charge in [0, 0.05) is 12.7 Å². The predicted molar refractivity (Wildman–Crippen MR) is 59.7 cm³/mol. The van der Waals surface area contributed by atoms with Crippen molar-refractivity contribution in [3.63, 3.8) is 0 Å². The molecular weight excluding hydrogens is 200 g/mol. The minimum absolute atomic E-state index is 0.377. The molecule has 0 aromatic carbocycles. The smallest absolute Gasteiger partial charge is 0.194 e. The molecule has 4 nitrogen and oxygen atoms in total. The molecule has 76 valence electrons. The Kier molecular flexibility index (Phi) is 4.19. The first-order chi connectivity index (χ1) is 6.72. The first-order valence-corrected chi connectivity index (χ1v) is 4.78. The van der Waals surface area contributed by atoms with Gasteiger partial charge < -0.3 is 11.1 Å². The molecule has 1 aromatic rings. The Morgan fingerprint density at radius 2 is 2.43 bits per heavy atom. The zero-order valence-electron chi connectivity index (χ0n) is 8.00. The quantitative estimate of drug-likeness (QED) is 0.594. The molecule has 1 rings (SSSR count). The van der Waals surface area contributed by atoms with Crippen LogP contribution in [0.4, 0.5) is 5.82 Å². The number of anilines is 1. The van der Waals surface area contributed by atoms with Gasteiger partial charge >= 0.3 is 0 Å². The second-order valence-electron chi connectivity index (χ2n) is 2.75. The Labute approximate surface area is 88.2 Å². The Bertz CT molecular complexity index is 307. The molecule has 0 amide bonds. The number of aliphatic imine (C=N–C) groups is 1. The average molecular weight is 213 g/mol. The van der Waals surface area contributed by atoms with Gasteiger partial charge in [-0.2, -0.15) is 0 Å². The third-order valence-corrected chi connectivity index (χ3v) is 1.71. The molecule has 14 heavy (non-hydrogen) atoms. The van der Waals surface area contributed by atoms with Gasteiger partial charge in [-0.15, -0.1) is 0 Å². The topological polar surface area (TPSA) is 63.3 Å². The zero-order chi connectivity index (χ0) is 10.4. The maximum atomic E-state index is 5.68. The number of aromatic nitrogens is 1. The number of rotatable bonds is 3. The molecular formula is C9H13ClN4. The van der Waals surface area contributed by atoms with E-state index in [1.807, 2.05) is 6.92 Å². The molecule has 0 radical (unpaired) electrons. The van der Waals surface area contributed by atoms with Gasteiger partial charge in [0.25, 0.3) is 0 Å². The predicted octanol–water partition coefficient (Wildman–Crippen LogP) is 1.87. The van der Waals surface area contributed by atoms with Crippen LogP contribution in [0, 0.1) is 0 Å². The molecule has 0 unspecified atom stereocenters. The van der Waals surface area contributed by atoms with Gasteiger partial charge in [-0.25, -0.2) is 4.98 Å². The highest BCUT2D eigenvalue weighted by molar-refractivity contribution is 6.30. The van der Waals surface area contributed by atoms with Gasteiger partial charge in [0.2, 0.25) is 0 Å². The summed E-state index contributed by atoms with van der Waals surface area (Å²) in [7, 11) is 0. The first-order valence-electron chi connectivity index (χ1n) is 4.41. The van der Waals surface area contributed by atoms with E-state index in [4.69, 9.17) is 17.3 Å². The van der Waals surface area contributed by atoms with Crippen molar-refractivity contribution < 1.29 is 0 Å². The van der Waals surface area contributed by atoms with E-state index in [0.29, 0.717) is 23.3 Å². The summed E-state index contributed by atoms with van der Waals surface area (Å²) in [5.74, 6) is 1.02. The third-order valence-electron chi connectivity index (χ3n) is 1.49. The fourth-order valence-corrected chi connectivity index (χ4v) is 0.965. The van der Waals surface area contributed by atoms with Crippen molar-refractivity contribution in [1.29, 1.82) is 0 Å². The van der Waals surface area contributed by atoms with E-state index < -0.39 is 0 Å². The number of guanidine groups is 1. The lowest BCUT2D eigenvalue weighted by atomic mass is 10.4. The molecule has 0 saturated carbocycles. The monoisotopic (exact) mass is 212 g/mol. The highest BCUT2D eigenvalue weighted by atomic mass is 35.5. The van der Waals surface area contributed by atoms with Crippen LogP contribution in [0.5, 0.6) is 0 Å². The van der Waals surface area contributed by atoms with E-state index in [-0.39, 0.29) is 0 Å². The molecule has 0 aliphatic carbocycles. The lowest BCUT2D eigenvalue weighted by molar-refractivity contribution is 0.929. The van der Waals surface area contributed by atoms with Gasteiger partial charge in [-0.05, 0) is 18.6 Å². The fourth-order valence-electron chi connectivity index (χ4n) is 0.853. The fraction of sp³-hybridized carbons (Fsp3) is 0.333. The number of nitrogens with zero attached hydrogens (tertiary/aromatic N) is 2. The van der Waals surface area contributed by atoms with E-state index in [9.17, 15) is 0 Å². The molecule has 0 saturated heterocycles. The molecule has 0 atom stereocenters. The molecule has 0 bridgehead atoms. The van der Waals surface area contributed by atoms with Crippen molar-refractivity contribution in [2.24, 2.45) is 10.7 Å². The lowest BCUT2D eigenvalue weighted by Gasteiger charge is -2.03. The first kappa shape index (κ1) is 10.8. The maximum Gasteiger partial charge on any atom is 0.194 e. The van der Waals surface area contributed by atoms with E-state index >= 15 is 0 Å². The molecule has 3 N–H and O–H groups in total. The summed E-state index contributed by atoms with van der Waals surface area (Å²) in [5, 5.41) is 3.46. The van der Waals surface area contributed by atoms with Crippen LogP contribution < -0.4 is 11.1 Å². The zero-order valence-corrected chi connectivity index (χ0v) is 8.75. The maximum absolute atomic E-state index is 5.68. The van der Waals surface area contributed by atoms with E-state index in [1.54, 1.807) is 18.3 Å². The van der Waals surface area contributed by atoms with Crippen LogP contribution in [0.1, 0.15) is 13.3 Å². The summed E-state index contributed by atoms with van der Waals surface area (Å²) in [4.78, 5) is 8.09. The Hall–Kier alpha value is -1.29. The number of halogens is 1. The van der Waals surface area contributed by atoms with Crippen molar-refractivity contribution in [3.8, 4) is 0 Å². The van der Waals surface area contributed by atoms with E-state index in [1.165, 1.54) is 0 Å². The standard InChI is InChI=1S/C9H13ClN4/c1-2-5-12-9(11)14-8-4-3-7(10)6-13-8/h3-4,6H,2,5H2,1H3,(H3,11,12,13,14). The normalized spacial score (nSPS) is 11.4. The van der Waals surface area contributed by atoms with Crippen LogP contribution in [0.3, 0.4) is 0 Å². The SMILES string of the molecule is CCCN=C(N)Nc1ccc(Cl)cn1. The van der Waals surface area contributed by atoms with Gasteiger partial charge in [0.1, 0.15) is 5.82 Å². The summed E-state index contributed by atoms with van der Waals surface area (Å²) in [6.45, 7) is 2.75. The summed E-state index contributed by atoms with van der Waals surface area (Å²) >= 11 is 5.68. The molecule has 0 fully saturated rings. The molecule has 0 spiro atoms. The lowest BCUT2D eigenvalue weighted by Crippen LogP contribution is -2.23. The molecule has 5 heteroatoms. The van der Waals surface area contributed by atoms with Gasteiger partial charge in [-0.3, -0.25) is 4.99 Å². The van der Waals surface area contributed by atoms with Crippen LogP contribution in [0.15, 0.2) is 23.3 Å². The number of hydrogen-bond donors (Lipinski definition) is 2.